The number of fused-ring (bicyclic) bond motifs is 7. The fourth-order valence-electron chi connectivity index (χ4n) is 11.9. The van der Waals surface area contributed by atoms with Crippen LogP contribution >= 0.6 is 0 Å². The average Bonchev–Trinajstić information content (AvgIpc) is 3.17. The van der Waals surface area contributed by atoms with Crippen molar-refractivity contribution in [1.29, 1.82) is 0 Å². The Balaban J connectivity index is 1.58. The van der Waals surface area contributed by atoms with Crippen LogP contribution in [0.4, 0.5) is 0 Å². The number of aldehydes is 1. The quantitative estimate of drug-likeness (QED) is 0.261. The number of rotatable bonds is 5. The van der Waals surface area contributed by atoms with Crippen LogP contribution in [-0.4, -0.2) is 36.2 Å². The summed E-state index contributed by atoms with van der Waals surface area (Å²) in [6.45, 7) is 19.2. The van der Waals surface area contributed by atoms with Crippen LogP contribution < -0.4 is 0 Å². The van der Waals surface area contributed by atoms with Crippen LogP contribution in [0.1, 0.15) is 120 Å². The van der Waals surface area contributed by atoms with Gasteiger partial charge < -0.3 is 9.47 Å². The van der Waals surface area contributed by atoms with Gasteiger partial charge in [0.15, 0.2) is 18.2 Å². The molecule has 4 fully saturated rings. The van der Waals surface area contributed by atoms with E-state index in [0.29, 0.717) is 18.3 Å². The molecule has 0 aliphatic heterocycles. The number of allylic oxidation sites excluding steroid dienone is 1. The molecule has 9 atom stereocenters. The van der Waals surface area contributed by atoms with Gasteiger partial charge >= 0.3 is 11.9 Å². The maximum atomic E-state index is 13.7. The minimum Gasteiger partial charge on any atom is -0.462 e. The van der Waals surface area contributed by atoms with Crippen molar-refractivity contribution in [2.45, 2.75) is 132 Å². The lowest BCUT2D eigenvalue weighted by Crippen LogP contribution is -2.66. The molecule has 6 nitrogen and oxygen atoms in total. The Morgan fingerprint density at radius 2 is 1.54 bits per heavy atom. The molecule has 5 aliphatic carbocycles. The Morgan fingerprint density at radius 1 is 0.854 bits per heavy atom. The summed E-state index contributed by atoms with van der Waals surface area (Å²) in [4.78, 5) is 50.3. The molecule has 0 radical (unpaired) electrons. The molecule has 0 spiro atoms. The van der Waals surface area contributed by atoms with Gasteiger partial charge in [0.25, 0.3) is 0 Å². The predicted octanol–water partition coefficient (Wildman–Crippen LogP) is 7.03. The van der Waals surface area contributed by atoms with Crippen molar-refractivity contribution in [2.24, 2.45) is 50.7 Å². The van der Waals surface area contributed by atoms with E-state index in [1.165, 1.54) is 13.8 Å². The molecule has 0 bridgehead atoms. The van der Waals surface area contributed by atoms with Gasteiger partial charge in [-0.1, -0.05) is 48.5 Å². The fourth-order valence-corrected chi connectivity index (χ4v) is 11.9. The molecule has 0 N–H and O–H groups in total. The highest BCUT2D eigenvalue weighted by molar-refractivity contribution is 6.01. The fraction of sp³-hybridized carbons (Fsp3) is 0.829. The van der Waals surface area contributed by atoms with E-state index in [2.05, 4.69) is 48.5 Å². The number of ketones is 1. The van der Waals surface area contributed by atoms with Crippen LogP contribution in [0.2, 0.25) is 0 Å². The Labute approximate surface area is 246 Å². The van der Waals surface area contributed by atoms with Gasteiger partial charge in [0, 0.05) is 31.1 Å². The summed E-state index contributed by atoms with van der Waals surface area (Å²) in [6.07, 6.45) is 7.91. The normalized spacial score (nSPS) is 43.8. The highest BCUT2D eigenvalue weighted by Crippen LogP contribution is 2.77. The third-order valence-electron chi connectivity index (χ3n) is 13.7. The molecule has 5 rings (SSSR count). The standard InChI is InChI=1S/C35H52O6/c1-20(2)29-24(39)18-35(28(19-36)41-22(4)38)17-16-33(8)23(30(29)35)10-11-26-32(7)14-13-27(40-21(3)37)31(5,6)25(32)12-15-34(26,33)9/h19-20,23,25-28H,10-18H2,1-9H3/t23-,25+,26-,27+,28?,32+,33-,34-,35+/m1/s1. The topological polar surface area (TPSA) is 86.7 Å². The first-order chi connectivity index (χ1) is 19.0. The first-order valence-electron chi connectivity index (χ1n) is 16.1. The maximum Gasteiger partial charge on any atom is 0.303 e. The molecule has 228 valence electrons. The van der Waals surface area contributed by atoms with Crippen LogP contribution in [-0.2, 0) is 28.7 Å². The van der Waals surface area contributed by atoms with Crippen LogP contribution in [0.5, 0.6) is 0 Å². The first kappa shape index (κ1) is 30.5. The average molecular weight is 569 g/mol. The van der Waals surface area contributed by atoms with Gasteiger partial charge in [0.2, 0.25) is 0 Å². The first-order valence-corrected chi connectivity index (χ1v) is 16.1. The summed E-state index contributed by atoms with van der Waals surface area (Å²) in [7, 11) is 0. The Morgan fingerprint density at radius 3 is 2.12 bits per heavy atom. The summed E-state index contributed by atoms with van der Waals surface area (Å²) in [5.41, 5.74) is 1.40. The van der Waals surface area contributed by atoms with Crippen LogP contribution in [0.15, 0.2) is 11.1 Å². The minimum absolute atomic E-state index is 0.0337. The number of Topliss-reactive ketones (excluding diaryl/α,β-unsaturated/α-hetero) is 1. The smallest absolute Gasteiger partial charge is 0.303 e. The summed E-state index contributed by atoms with van der Waals surface area (Å²) in [5.74, 6) is 0.711. The summed E-state index contributed by atoms with van der Waals surface area (Å²) in [5, 5.41) is 0. The third kappa shape index (κ3) is 4.08. The highest BCUT2D eigenvalue weighted by atomic mass is 16.5. The lowest BCUT2D eigenvalue weighted by molar-refractivity contribution is -0.234. The molecule has 1 unspecified atom stereocenters. The second kappa shape index (κ2) is 9.77. The van der Waals surface area contributed by atoms with E-state index in [4.69, 9.17) is 9.47 Å². The molecule has 0 amide bonds. The molecular formula is C35H52O6. The number of hydrogen-bond acceptors (Lipinski definition) is 6. The zero-order valence-corrected chi connectivity index (χ0v) is 26.9. The largest absolute Gasteiger partial charge is 0.462 e. The van der Waals surface area contributed by atoms with E-state index >= 15 is 0 Å². The highest BCUT2D eigenvalue weighted by Gasteiger charge is 2.71. The van der Waals surface area contributed by atoms with Crippen LogP contribution in [0.25, 0.3) is 0 Å². The molecule has 0 aromatic heterocycles. The van der Waals surface area contributed by atoms with E-state index in [9.17, 15) is 19.2 Å². The van der Waals surface area contributed by atoms with Gasteiger partial charge in [0.05, 0.1) is 0 Å². The maximum absolute atomic E-state index is 13.7. The van der Waals surface area contributed by atoms with E-state index in [1.807, 2.05) is 0 Å². The van der Waals surface area contributed by atoms with Crippen molar-refractivity contribution in [3.8, 4) is 0 Å². The Kier molecular flexibility index (Phi) is 7.26. The zero-order valence-electron chi connectivity index (χ0n) is 26.9. The van der Waals surface area contributed by atoms with E-state index in [-0.39, 0.29) is 57.8 Å². The SMILES string of the molecule is CC(=O)OC(C=O)[C@@]12CC[C@]3(C)[C@H](CC[C@@H]4[C@@]5(C)CC[C@H](OC(C)=O)C(C)(C)[C@@H]5CC[C@]43C)C1=C(C(C)C)C(=O)C2. The Hall–Kier alpha value is -1.98. The van der Waals surface area contributed by atoms with Crippen molar-refractivity contribution >= 4 is 24.0 Å². The Bertz CT molecular complexity index is 1180. The van der Waals surface area contributed by atoms with Crippen molar-refractivity contribution in [2.75, 3.05) is 0 Å². The molecular weight excluding hydrogens is 516 g/mol. The predicted molar refractivity (Wildman–Crippen MR) is 157 cm³/mol. The summed E-state index contributed by atoms with van der Waals surface area (Å²) in [6, 6.07) is 0. The van der Waals surface area contributed by atoms with E-state index < -0.39 is 17.5 Å². The number of carbonyl (C=O) groups is 4. The number of carbonyl (C=O) groups excluding carboxylic acids is 4. The van der Waals surface area contributed by atoms with E-state index in [0.717, 1.165) is 62.4 Å². The second-order valence-corrected chi connectivity index (χ2v) is 16.0. The van der Waals surface area contributed by atoms with Crippen LogP contribution in [0, 0.1) is 50.7 Å². The van der Waals surface area contributed by atoms with Crippen molar-refractivity contribution < 1.29 is 28.7 Å². The van der Waals surface area contributed by atoms with E-state index in [1.54, 1.807) is 0 Å². The van der Waals surface area contributed by atoms with Crippen molar-refractivity contribution in [3.05, 3.63) is 11.1 Å². The molecule has 0 aromatic rings. The van der Waals surface area contributed by atoms with Gasteiger partial charge in [-0.3, -0.25) is 19.2 Å². The number of hydrogen-bond donors (Lipinski definition) is 0. The minimum atomic E-state index is -0.920. The zero-order chi connectivity index (χ0) is 30.3. The lowest BCUT2D eigenvalue weighted by Gasteiger charge is -2.72. The monoisotopic (exact) mass is 568 g/mol. The molecule has 4 saturated carbocycles. The van der Waals surface area contributed by atoms with Gasteiger partial charge in [-0.2, -0.15) is 0 Å². The summed E-state index contributed by atoms with van der Waals surface area (Å²) >= 11 is 0. The third-order valence-corrected chi connectivity index (χ3v) is 13.7. The van der Waals surface area contributed by atoms with Gasteiger partial charge in [0.1, 0.15) is 6.10 Å². The van der Waals surface area contributed by atoms with Crippen LogP contribution in [0.3, 0.4) is 0 Å². The molecule has 0 aromatic carbocycles. The molecule has 0 heterocycles. The lowest BCUT2D eigenvalue weighted by atomic mass is 9.33. The van der Waals surface area contributed by atoms with Gasteiger partial charge in [-0.05, 0) is 102 Å². The number of ether oxygens (including phenoxy) is 2. The van der Waals surface area contributed by atoms with Gasteiger partial charge in [-0.25, -0.2) is 0 Å². The van der Waals surface area contributed by atoms with Crippen molar-refractivity contribution in [1.82, 2.24) is 0 Å². The summed E-state index contributed by atoms with van der Waals surface area (Å²) < 4.78 is 11.6. The molecule has 0 saturated heterocycles. The number of esters is 2. The van der Waals surface area contributed by atoms with Gasteiger partial charge in [-0.15, -0.1) is 0 Å². The molecule has 5 aliphatic rings. The molecule has 6 heteroatoms. The van der Waals surface area contributed by atoms with Crippen molar-refractivity contribution in [3.63, 3.8) is 0 Å². The second-order valence-electron chi connectivity index (χ2n) is 16.0. The molecule has 41 heavy (non-hydrogen) atoms.